The van der Waals surface area contributed by atoms with Gasteiger partial charge in [0.2, 0.25) is 5.91 Å². The SMILES string of the molecule is CCCOc1c(Br)cc(C=NNC(=O)C(C(=O)Nc2ccc(OC)cc2)C(C)C)cc1OCC. The Morgan fingerprint density at radius 3 is 2.38 bits per heavy atom. The van der Waals surface area contributed by atoms with Gasteiger partial charge in [0.05, 0.1) is 31.0 Å². The molecule has 34 heavy (non-hydrogen) atoms. The van der Waals surface area contributed by atoms with Crippen molar-refractivity contribution in [2.45, 2.75) is 34.1 Å². The normalized spacial score (nSPS) is 11.9. The molecule has 2 N–H and O–H groups in total. The summed E-state index contributed by atoms with van der Waals surface area (Å²) in [6, 6.07) is 10.5. The highest BCUT2D eigenvalue weighted by molar-refractivity contribution is 9.10. The first kappa shape index (κ1) is 27.2. The Bertz CT molecular complexity index is 993. The molecule has 1 unspecified atom stereocenters. The lowest BCUT2D eigenvalue weighted by molar-refractivity contribution is -0.134. The van der Waals surface area contributed by atoms with E-state index in [0.29, 0.717) is 41.7 Å². The zero-order valence-corrected chi connectivity index (χ0v) is 21.8. The van der Waals surface area contributed by atoms with E-state index >= 15 is 0 Å². The van der Waals surface area contributed by atoms with Crippen LogP contribution in [0, 0.1) is 11.8 Å². The van der Waals surface area contributed by atoms with Crippen LogP contribution in [0.1, 0.15) is 39.7 Å². The molecular formula is C25H32BrN3O5. The molecule has 9 heteroatoms. The van der Waals surface area contributed by atoms with Gasteiger partial charge in [0.1, 0.15) is 11.7 Å². The van der Waals surface area contributed by atoms with Crippen molar-refractivity contribution in [3.8, 4) is 17.2 Å². The second-order valence-corrected chi connectivity index (χ2v) is 8.64. The topological polar surface area (TPSA) is 98.2 Å². The van der Waals surface area contributed by atoms with E-state index in [-0.39, 0.29) is 5.92 Å². The van der Waals surface area contributed by atoms with Crippen molar-refractivity contribution in [2.24, 2.45) is 16.9 Å². The number of hydrogen-bond donors (Lipinski definition) is 2. The van der Waals surface area contributed by atoms with Gasteiger partial charge >= 0.3 is 0 Å². The summed E-state index contributed by atoms with van der Waals surface area (Å²) in [5.74, 6) is -0.181. The monoisotopic (exact) mass is 533 g/mol. The van der Waals surface area contributed by atoms with Gasteiger partial charge in [0.15, 0.2) is 11.5 Å². The molecule has 0 fully saturated rings. The van der Waals surface area contributed by atoms with Crippen molar-refractivity contribution in [1.29, 1.82) is 0 Å². The summed E-state index contributed by atoms with van der Waals surface area (Å²) in [7, 11) is 1.57. The Morgan fingerprint density at radius 1 is 1.09 bits per heavy atom. The number of amides is 2. The fourth-order valence-electron chi connectivity index (χ4n) is 3.13. The molecule has 0 saturated heterocycles. The lowest BCUT2D eigenvalue weighted by Gasteiger charge is -2.18. The van der Waals surface area contributed by atoms with Gasteiger partial charge < -0.3 is 19.5 Å². The van der Waals surface area contributed by atoms with Crippen LogP contribution < -0.4 is 25.0 Å². The predicted octanol–water partition coefficient (Wildman–Crippen LogP) is 5.01. The zero-order chi connectivity index (χ0) is 25.1. The lowest BCUT2D eigenvalue weighted by Crippen LogP contribution is -2.39. The molecule has 8 nitrogen and oxygen atoms in total. The molecule has 0 aliphatic carbocycles. The molecule has 184 valence electrons. The fraction of sp³-hybridized carbons (Fsp3) is 0.400. The van der Waals surface area contributed by atoms with Gasteiger partial charge in [-0.25, -0.2) is 5.43 Å². The number of nitrogens with one attached hydrogen (secondary N) is 2. The van der Waals surface area contributed by atoms with Crippen LogP contribution >= 0.6 is 15.9 Å². The number of rotatable bonds is 12. The van der Waals surface area contributed by atoms with Crippen LogP contribution in [0.2, 0.25) is 0 Å². The molecular weight excluding hydrogens is 502 g/mol. The van der Waals surface area contributed by atoms with Gasteiger partial charge in [0.25, 0.3) is 5.91 Å². The quantitative estimate of drug-likeness (QED) is 0.227. The number of hydrazone groups is 1. The summed E-state index contributed by atoms with van der Waals surface area (Å²) in [6.07, 6.45) is 2.36. The van der Waals surface area contributed by atoms with Crippen LogP contribution in [-0.2, 0) is 9.59 Å². The molecule has 0 aliphatic heterocycles. The van der Waals surface area contributed by atoms with E-state index in [1.54, 1.807) is 37.4 Å². The maximum atomic E-state index is 12.8. The first-order valence-corrected chi connectivity index (χ1v) is 12.0. The highest BCUT2D eigenvalue weighted by atomic mass is 79.9. The zero-order valence-electron chi connectivity index (χ0n) is 20.2. The predicted molar refractivity (Wildman–Crippen MR) is 137 cm³/mol. The number of halogens is 1. The van der Waals surface area contributed by atoms with Crippen LogP contribution in [0.5, 0.6) is 17.2 Å². The number of nitrogens with zero attached hydrogens (tertiary/aromatic N) is 1. The van der Waals surface area contributed by atoms with E-state index in [1.807, 2.05) is 33.8 Å². The minimum atomic E-state index is -0.921. The summed E-state index contributed by atoms with van der Waals surface area (Å²) >= 11 is 3.51. The fourth-order valence-corrected chi connectivity index (χ4v) is 3.70. The van der Waals surface area contributed by atoms with Gasteiger partial charge in [-0.1, -0.05) is 20.8 Å². The molecule has 2 aromatic rings. The van der Waals surface area contributed by atoms with E-state index in [4.69, 9.17) is 14.2 Å². The van der Waals surface area contributed by atoms with E-state index in [9.17, 15) is 9.59 Å². The number of methoxy groups -OCH3 is 1. The number of carbonyl (C=O) groups excluding carboxylic acids is 2. The Morgan fingerprint density at radius 2 is 1.79 bits per heavy atom. The second-order valence-electron chi connectivity index (χ2n) is 7.79. The van der Waals surface area contributed by atoms with Gasteiger partial charge in [-0.05, 0) is 77.2 Å². The molecule has 1 atom stereocenters. The van der Waals surface area contributed by atoms with E-state index in [1.165, 1.54) is 6.21 Å². The molecule has 0 aliphatic rings. The third-order valence-corrected chi connectivity index (χ3v) is 5.35. The van der Waals surface area contributed by atoms with Gasteiger partial charge in [-0.3, -0.25) is 9.59 Å². The third kappa shape index (κ3) is 7.76. The first-order chi connectivity index (χ1) is 16.3. The molecule has 2 aromatic carbocycles. The van der Waals surface area contributed by atoms with Gasteiger partial charge in [-0.2, -0.15) is 5.10 Å². The Labute approximate surface area is 209 Å². The Kier molecular flexibility index (Phi) is 10.9. The van der Waals surface area contributed by atoms with E-state index in [0.717, 1.165) is 10.9 Å². The molecule has 0 aromatic heterocycles. The standard InChI is InChI=1S/C25H32BrN3O5/c1-6-12-34-23-20(26)13-17(14-21(23)33-7-2)15-27-29-25(31)22(16(3)4)24(30)28-18-8-10-19(32-5)11-9-18/h8-11,13-16,22H,6-7,12H2,1-5H3,(H,28,30)(H,29,31). The van der Waals surface area contributed by atoms with Crippen molar-refractivity contribution < 1.29 is 23.8 Å². The van der Waals surface area contributed by atoms with Crippen molar-refractivity contribution >= 4 is 39.6 Å². The van der Waals surface area contributed by atoms with Gasteiger partial charge in [0, 0.05) is 5.69 Å². The molecule has 0 bridgehead atoms. The Balaban J connectivity index is 2.10. The Hall–Kier alpha value is -3.07. The minimum Gasteiger partial charge on any atom is -0.497 e. The van der Waals surface area contributed by atoms with Crippen molar-refractivity contribution in [3.05, 3.63) is 46.4 Å². The maximum Gasteiger partial charge on any atom is 0.252 e. The molecule has 2 amide bonds. The number of benzene rings is 2. The molecule has 0 heterocycles. The molecule has 2 rings (SSSR count). The average Bonchev–Trinajstić information content (AvgIpc) is 2.79. The minimum absolute atomic E-state index is 0.234. The number of carbonyl (C=O) groups is 2. The summed E-state index contributed by atoms with van der Waals surface area (Å²) < 4.78 is 17.3. The van der Waals surface area contributed by atoms with Gasteiger partial charge in [-0.15, -0.1) is 0 Å². The lowest BCUT2D eigenvalue weighted by atomic mass is 9.94. The van der Waals surface area contributed by atoms with Crippen molar-refractivity contribution in [3.63, 3.8) is 0 Å². The summed E-state index contributed by atoms with van der Waals surface area (Å²) in [6.45, 7) is 8.58. The van der Waals surface area contributed by atoms with Crippen LogP contribution in [-0.4, -0.2) is 38.4 Å². The van der Waals surface area contributed by atoms with Crippen LogP contribution in [0.4, 0.5) is 5.69 Å². The number of ether oxygens (including phenoxy) is 3. The van der Waals surface area contributed by atoms with Crippen LogP contribution in [0.25, 0.3) is 0 Å². The molecule has 0 saturated carbocycles. The maximum absolute atomic E-state index is 12.8. The van der Waals surface area contributed by atoms with E-state index in [2.05, 4.69) is 31.8 Å². The van der Waals surface area contributed by atoms with Crippen molar-refractivity contribution in [1.82, 2.24) is 5.43 Å². The average molecular weight is 534 g/mol. The summed E-state index contributed by atoms with van der Waals surface area (Å²) in [4.78, 5) is 25.5. The van der Waals surface area contributed by atoms with Crippen LogP contribution in [0.3, 0.4) is 0 Å². The first-order valence-electron chi connectivity index (χ1n) is 11.2. The highest BCUT2D eigenvalue weighted by Crippen LogP contribution is 2.36. The van der Waals surface area contributed by atoms with Crippen LogP contribution in [0.15, 0.2) is 46.0 Å². The summed E-state index contributed by atoms with van der Waals surface area (Å²) in [5.41, 5.74) is 3.75. The second kappa shape index (κ2) is 13.6. The third-order valence-electron chi connectivity index (χ3n) is 4.76. The number of hydrogen-bond acceptors (Lipinski definition) is 6. The van der Waals surface area contributed by atoms with Crippen molar-refractivity contribution in [2.75, 3.05) is 25.6 Å². The van der Waals surface area contributed by atoms with E-state index < -0.39 is 17.7 Å². The molecule has 0 spiro atoms. The largest absolute Gasteiger partial charge is 0.497 e. The number of anilines is 1. The summed E-state index contributed by atoms with van der Waals surface area (Å²) in [5, 5.41) is 6.82. The highest BCUT2D eigenvalue weighted by Gasteiger charge is 2.30. The molecule has 0 radical (unpaired) electrons. The smallest absolute Gasteiger partial charge is 0.252 e.